The van der Waals surface area contributed by atoms with Gasteiger partial charge in [-0.3, -0.25) is 9.89 Å². The minimum absolute atomic E-state index is 0.00610. The molecule has 0 radical (unpaired) electrons. The summed E-state index contributed by atoms with van der Waals surface area (Å²) in [5.74, 6) is 1.84. The molecule has 0 unspecified atom stereocenters. The number of pyridine rings is 1. The van der Waals surface area contributed by atoms with E-state index in [0.717, 1.165) is 53.5 Å². The third kappa shape index (κ3) is 2.99. The average molecular weight is 424 g/mol. The molecule has 1 saturated heterocycles. The lowest BCUT2D eigenvalue weighted by Crippen LogP contribution is -2.29. The van der Waals surface area contributed by atoms with Gasteiger partial charge in [-0.2, -0.15) is 4.98 Å². The van der Waals surface area contributed by atoms with Crippen LogP contribution in [0.15, 0.2) is 35.5 Å². The molecule has 0 spiro atoms. The molecule has 5 rings (SSSR count). The van der Waals surface area contributed by atoms with E-state index in [1.165, 1.54) is 0 Å². The Hall–Kier alpha value is -3.13. The van der Waals surface area contributed by atoms with Crippen molar-refractivity contribution < 1.29 is 4.79 Å². The van der Waals surface area contributed by atoms with E-state index in [9.17, 15) is 4.79 Å². The number of carbonyl (C=O) groups excluding carboxylic acids is 1. The van der Waals surface area contributed by atoms with Gasteiger partial charge < -0.3 is 14.8 Å². The van der Waals surface area contributed by atoms with Crippen molar-refractivity contribution in [1.29, 1.82) is 0 Å². The van der Waals surface area contributed by atoms with Crippen LogP contribution in [0.1, 0.15) is 6.42 Å². The molecule has 0 aromatic heterocycles. The highest BCUT2D eigenvalue weighted by atomic mass is 35.5. The van der Waals surface area contributed by atoms with Crippen LogP contribution in [-0.2, 0) is 6.54 Å². The number of nitrogens with one attached hydrogen (secondary N) is 1. The van der Waals surface area contributed by atoms with Crippen LogP contribution in [0.25, 0.3) is 22.5 Å². The molecular formula is C21H22ClN7O. The molecule has 2 amide bonds. The van der Waals surface area contributed by atoms with Gasteiger partial charge >= 0.3 is 6.03 Å². The first kappa shape index (κ1) is 18.9. The molecule has 1 aromatic rings. The summed E-state index contributed by atoms with van der Waals surface area (Å²) >= 11 is 6.73. The molecule has 4 aliphatic heterocycles. The van der Waals surface area contributed by atoms with Crippen molar-refractivity contribution in [2.75, 3.05) is 43.9 Å². The summed E-state index contributed by atoms with van der Waals surface area (Å²) in [5.41, 5.74) is 4.11. The lowest BCUT2D eigenvalue weighted by molar-refractivity contribution is 0.229. The number of aromatic nitrogens is 3. The molecule has 1 fully saturated rings. The van der Waals surface area contributed by atoms with E-state index < -0.39 is 0 Å². The number of fused-ring (bicyclic) bond motifs is 3. The van der Waals surface area contributed by atoms with Crippen molar-refractivity contribution in [3.05, 3.63) is 41.1 Å². The summed E-state index contributed by atoms with van der Waals surface area (Å²) in [6, 6.07) is 7.87. The number of amides is 2. The van der Waals surface area contributed by atoms with E-state index in [-0.39, 0.29) is 6.03 Å². The highest BCUT2D eigenvalue weighted by Crippen LogP contribution is 2.40. The molecule has 154 valence electrons. The van der Waals surface area contributed by atoms with Crippen molar-refractivity contribution in [3.8, 4) is 22.5 Å². The number of likely N-dealkylation sites (N-methyl/N-ethyl adjacent to an activating group) is 1. The highest BCUT2D eigenvalue weighted by molar-refractivity contribution is 6.34. The third-order valence-electron chi connectivity index (χ3n) is 5.69. The Kier molecular flexibility index (Phi) is 4.58. The largest absolute Gasteiger partial charge is 0.371 e. The number of hydrogen-bond donors (Lipinski definition) is 1. The molecule has 9 heteroatoms. The monoisotopic (exact) mass is 423 g/mol. The average Bonchev–Trinajstić information content (AvgIpc) is 3.11. The van der Waals surface area contributed by atoms with Crippen LogP contribution in [0.2, 0.25) is 5.02 Å². The number of halogens is 1. The van der Waals surface area contributed by atoms with Crippen molar-refractivity contribution in [3.63, 3.8) is 0 Å². The zero-order chi connectivity index (χ0) is 20.8. The molecule has 0 aliphatic carbocycles. The topological polar surface area (TPSA) is 78.7 Å². The fraction of sp³-hybridized carbons (Fsp3) is 0.333. The fourth-order valence-corrected chi connectivity index (χ4v) is 4.39. The maximum absolute atomic E-state index is 12.3. The number of anilines is 2. The number of benzene rings is 1. The van der Waals surface area contributed by atoms with Gasteiger partial charge in [0.05, 0.1) is 5.02 Å². The fourth-order valence-electron chi connectivity index (χ4n) is 4.11. The van der Waals surface area contributed by atoms with Crippen LogP contribution in [0.4, 0.5) is 16.3 Å². The van der Waals surface area contributed by atoms with Crippen molar-refractivity contribution in [2.24, 2.45) is 4.99 Å². The maximum atomic E-state index is 12.3. The van der Waals surface area contributed by atoms with Crippen molar-refractivity contribution >= 4 is 29.1 Å². The second-order valence-electron chi connectivity index (χ2n) is 7.53. The zero-order valence-corrected chi connectivity index (χ0v) is 17.6. The molecule has 4 aliphatic rings. The predicted octanol–water partition coefficient (Wildman–Crippen LogP) is 2.92. The van der Waals surface area contributed by atoms with Gasteiger partial charge in [-0.05, 0) is 24.6 Å². The minimum Gasteiger partial charge on any atom is -0.371 e. The van der Waals surface area contributed by atoms with Gasteiger partial charge in [-0.15, -0.1) is 0 Å². The van der Waals surface area contributed by atoms with Crippen LogP contribution in [0.5, 0.6) is 0 Å². The molecule has 1 aromatic carbocycles. The van der Waals surface area contributed by atoms with Crippen LogP contribution in [0, 0.1) is 0 Å². The Morgan fingerprint density at radius 2 is 2.03 bits per heavy atom. The van der Waals surface area contributed by atoms with E-state index in [1.807, 2.05) is 25.2 Å². The molecule has 30 heavy (non-hydrogen) atoms. The summed E-state index contributed by atoms with van der Waals surface area (Å²) in [7, 11) is 3.50. The summed E-state index contributed by atoms with van der Waals surface area (Å²) in [4.78, 5) is 28.8. The van der Waals surface area contributed by atoms with E-state index in [2.05, 4.69) is 30.9 Å². The first-order chi connectivity index (χ1) is 14.6. The SMILES string of the molecule is CN=c1ncc2cc(-c3ccc(N4CCN(C)C4=O)cc3Cl)c3n(c-2n1)CCCN3. The zero-order valence-electron chi connectivity index (χ0n) is 16.9. The standard InChI is InChI=1S/C21H22ClN7O/c1-23-20-25-12-13-10-16(19-24-6-3-7-29(19)18(13)26-20)15-5-4-14(11-17(15)22)28-9-8-27(2)21(28)30/h4-5,10-12,24H,3,6-9H2,1-2H3. The Morgan fingerprint density at radius 1 is 1.17 bits per heavy atom. The lowest BCUT2D eigenvalue weighted by Gasteiger charge is -2.28. The summed E-state index contributed by atoms with van der Waals surface area (Å²) in [5, 5.41) is 4.11. The van der Waals surface area contributed by atoms with Crippen molar-refractivity contribution in [1.82, 2.24) is 19.4 Å². The molecule has 1 N–H and O–H groups in total. The second kappa shape index (κ2) is 7.28. The molecule has 4 heterocycles. The molecule has 0 saturated carbocycles. The number of urea groups is 1. The van der Waals surface area contributed by atoms with E-state index >= 15 is 0 Å². The van der Waals surface area contributed by atoms with Gasteiger partial charge in [0.15, 0.2) is 0 Å². The minimum atomic E-state index is -0.00610. The smallest absolute Gasteiger partial charge is 0.324 e. The van der Waals surface area contributed by atoms with Gasteiger partial charge in [0.25, 0.3) is 0 Å². The quantitative estimate of drug-likeness (QED) is 0.687. The van der Waals surface area contributed by atoms with E-state index in [0.29, 0.717) is 23.7 Å². The number of hydrogen-bond acceptors (Lipinski definition) is 5. The summed E-state index contributed by atoms with van der Waals surface area (Å²) in [6.07, 6.45) is 2.81. The van der Waals surface area contributed by atoms with Gasteiger partial charge in [-0.25, -0.2) is 9.78 Å². The highest BCUT2D eigenvalue weighted by Gasteiger charge is 2.28. The predicted molar refractivity (Wildman–Crippen MR) is 117 cm³/mol. The maximum Gasteiger partial charge on any atom is 0.324 e. The molecule has 8 nitrogen and oxygen atoms in total. The van der Waals surface area contributed by atoms with Crippen molar-refractivity contribution in [2.45, 2.75) is 13.0 Å². The number of rotatable bonds is 2. The van der Waals surface area contributed by atoms with Gasteiger partial charge in [0, 0.05) is 68.8 Å². The molecule has 0 atom stereocenters. The Morgan fingerprint density at radius 3 is 2.77 bits per heavy atom. The Bertz CT molecular complexity index is 1190. The number of nitrogens with zero attached hydrogens (tertiary/aromatic N) is 6. The first-order valence-electron chi connectivity index (χ1n) is 9.96. The van der Waals surface area contributed by atoms with Gasteiger partial charge in [0.2, 0.25) is 5.62 Å². The lowest BCUT2D eigenvalue weighted by atomic mass is 10.0. The van der Waals surface area contributed by atoms with E-state index in [4.69, 9.17) is 11.6 Å². The third-order valence-corrected chi connectivity index (χ3v) is 6.00. The van der Waals surface area contributed by atoms with E-state index in [1.54, 1.807) is 23.0 Å². The van der Waals surface area contributed by atoms with Crippen LogP contribution >= 0.6 is 11.6 Å². The van der Waals surface area contributed by atoms with Crippen LogP contribution < -0.4 is 15.8 Å². The molecule has 0 bridgehead atoms. The normalized spacial score (nSPS) is 16.9. The first-order valence-corrected chi connectivity index (χ1v) is 10.3. The van der Waals surface area contributed by atoms with Gasteiger partial charge in [0.1, 0.15) is 11.6 Å². The van der Waals surface area contributed by atoms with Crippen LogP contribution in [0.3, 0.4) is 0 Å². The van der Waals surface area contributed by atoms with Gasteiger partial charge in [-0.1, -0.05) is 17.7 Å². The second-order valence-corrected chi connectivity index (χ2v) is 7.94. The Labute approximate surface area is 179 Å². The summed E-state index contributed by atoms with van der Waals surface area (Å²) < 4.78 is 2.17. The number of carbonyl (C=O) groups is 1. The molecular weight excluding hydrogens is 402 g/mol. The Balaban J connectivity index is 1.65. The summed E-state index contributed by atoms with van der Waals surface area (Å²) in [6.45, 7) is 3.12. The van der Waals surface area contributed by atoms with Crippen LogP contribution in [-0.4, -0.2) is 59.2 Å².